The average molecular weight is 556 g/mol. The molecule has 0 radical (unpaired) electrons. The van der Waals surface area contributed by atoms with E-state index in [9.17, 15) is 13.2 Å². The highest BCUT2D eigenvalue weighted by Crippen LogP contribution is 2.32. The molecule has 3 aromatic carbocycles. The summed E-state index contributed by atoms with van der Waals surface area (Å²) < 4.78 is 34.5. The normalized spacial score (nSPS) is 18.7. The van der Waals surface area contributed by atoms with E-state index in [0.29, 0.717) is 35.4 Å². The lowest BCUT2D eigenvalue weighted by Crippen LogP contribution is -2.48. The maximum Gasteiger partial charge on any atom is 0.260 e. The standard InChI is InChI=1S/C27H26ClN3O4S2/c1-18-15-30(16-19(2)35-18)37(33,34)23-11-8-21(9-12-23)26(32)31(17-20-6-4-3-5-7-20)27-29-24-13-10-22(28)14-25(24)36-27/h3-14,18-19H,15-17H2,1-2H3. The zero-order valence-corrected chi connectivity index (χ0v) is 22.8. The van der Waals surface area contributed by atoms with E-state index in [0.717, 1.165) is 15.8 Å². The Balaban J connectivity index is 1.45. The number of anilines is 1. The lowest BCUT2D eigenvalue weighted by atomic mass is 10.1. The van der Waals surface area contributed by atoms with Gasteiger partial charge in [-0.3, -0.25) is 9.69 Å². The third-order valence-corrected chi connectivity index (χ3v) is 9.25. The van der Waals surface area contributed by atoms with E-state index in [1.807, 2.05) is 56.3 Å². The maximum atomic E-state index is 13.7. The minimum absolute atomic E-state index is 0.148. The molecule has 5 rings (SSSR count). The molecule has 4 aromatic rings. The number of hydrogen-bond acceptors (Lipinski definition) is 6. The zero-order chi connectivity index (χ0) is 26.2. The number of fused-ring (bicyclic) bond motifs is 1. The van der Waals surface area contributed by atoms with Gasteiger partial charge in [0, 0.05) is 23.7 Å². The van der Waals surface area contributed by atoms with Gasteiger partial charge < -0.3 is 4.74 Å². The molecule has 0 N–H and O–H groups in total. The SMILES string of the molecule is CC1CN(S(=O)(=O)c2ccc(C(=O)N(Cc3ccccc3)c3nc4ccc(Cl)cc4s3)cc2)CC(C)O1. The van der Waals surface area contributed by atoms with Crippen LogP contribution in [0.4, 0.5) is 5.13 Å². The molecule has 192 valence electrons. The first-order chi connectivity index (χ1) is 17.7. The summed E-state index contributed by atoms with van der Waals surface area (Å²) in [6, 6.07) is 21.2. The molecule has 1 aliphatic heterocycles. The van der Waals surface area contributed by atoms with Gasteiger partial charge in [-0.25, -0.2) is 13.4 Å². The van der Waals surface area contributed by atoms with Crippen LogP contribution < -0.4 is 4.90 Å². The van der Waals surface area contributed by atoms with Crippen molar-refractivity contribution in [3.05, 3.63) is 88.9 Å². The third-order valence-electron chi connectivity index (χ3n) is 6.12. The Morgan fingerprint density at radius 1 is 1.05 bits per heavy atom. The first-order valence-corrected chi connectivity index (χ1v) is 14.5. The van der Waals surface area contributed by atoms with Gasteiger partial charge in [-0.2, -0.15) is 4.31 Å². The molecule has 1 fully saturated rings. The van der Waals surface area contributed by atoms with Crippen molar-refractivity contribution in [3.63, 3.8) is 0 Å². The van der Waals surface area contributed by atoms with E-state index >= 15 is 0 Å². The molecular weight excluding hydrogens is 530 g/mol. The predicted molar refractivity (Wildman–Crippen MR) is 147 cm³/mol. The van der Waals surface area contributed by atoms with Crippen molar-refractivity contribution in [3.8, 4) is 0 Å². The monoisotopic (exact) mass is 555 g/mol. The number of ether oxygens (including phenoxy) is 1. The van der Waals surface area contributed by atoms with Crippen molar-refractivity contribution >= 4 is 54.2 Å². The van der Waals surface area contributed by atoms with Gasteiger partial charge in [0.2, 0.25) is 10.0 Å². The van der Waals surface area contributed by atoms with Crippen LogP contribution in [0.1, 0.15) is 29.8 Å². The third kappa shape index (κ3) is 5.56. The van der Waals surface area contributed by atoms with Crippen LogP contribution in [0, 0.1) is 0 Å². The zero-order valence-electron chi connectivity index (χ0n) is 20.4. The van der Waals surface area contributed by atoms with Crippen molar-refractivity contribution in [1.82, 2.24) is 9.29 Å². The highest BCUT2D eigenvalue weighted by molar-refractivity contribution is 7.89. The summed E-state index contributed by atoms with van der Waals surface area (Å²) in [5.74, 6) is -0.272. The van der Waals surface area contributed by atoms with Gasteiger partial charge in [0.1, 0.15) is 0 Å². The number of amides is 1. The molecule has 0 spiro atoms. The predicted octanol–water partition coefficient (Wildman–Crippen LogP) is 5.59. The van der Waals surface area contributed by atoms with Crippen molar-refractivity contribution in [2.75, 3.05) is 18.0 Å². The molecule has 7 nitrogen and oxygen atoms in total. The number of nitrogens with zero attached hydrogens (tertiary/aromatic N) is 3. The van der Waals surface area contributed by atoms with E-state index < -0.39 is 10.0 Å². The summed E-state index contributed by atoms with van der Waals surface area (Å²) >= 11 is 7.54. The van der Waals surface area contributed by atoms with Crippen LogP contribution in [-0.4, -0.2) is 48.9 Å². The number of carbonyl (C=O) groups excluding carboxylic acids is 1. The molecule has 2 unspecified atom stereocenters. The quantitative estimate of drug-likeness (QED) is 0.310. The molecule has 10 heteroatoms. The minimum Gasteiger partial charge on any atom is -0.373 e. The van der Waals surface area contributed by atoms with Gasteiger partial charge in [-0.1, -0.05) is 53.3 Å². The Labute approximate surface area is 225 Å². The van der Waals surface area contributed by atoms with Crippen molar-refractivity contribution in [1.29, 1.82) is 0 Å². The molecule has 1 saturated heterocycles. The molecule has 0 aliphatic carbocycles. The highest BCUT2D eigenvalue weighted by atomic mass is 35.5. The van der Waals surface area contributed by atoms with E-state index in [1.54, 1.807) is 23.1 Å². The molecular formula is C27H26ClN3O4S2. The van der Waals surface area contributed by atoms with Crippen LogP contribution in [-0.2, 0) is 21.3 Å². The Kier molecular flexibility index (Phi) is 7.33. The number of morpholine rings is 1. The summed E-state index contributed by atoms with van der Waals surface area (Å²) in [7, 11) is -3.71. The van der Waals surface area contributed by atoms with Crippen molar-refractivity contribution < 1.29 is 17.9 Å². The first kappa shape index (κ1) is 25.8. The molecule has 37 heavy (non-hydrogen) atoms. The number of carbonyl (C=O) groups is 1. The second-order valence-electron chi connectivity index (χ2n) is 9.09. The number of halogens is 1. The lowest BCUT2D eigenvalue weighted by molar-refractivity contribution is -0.0440. The van der Waals surface area contributed by atoms with Crippen LogP contribution in [0.5, 0.6) is 0 Å². The molecule has 0 bridgehead atoms. The van der Waals surface area contributed by atoms with Gasteiger partial charge >= 0.3 is 0 Å². The second-order valence-corrected chi connectivity index (χ2v) is 12.5. The summed E-state index contributed by atoms with van der Waals surface area (Å²) in [6.45, 7) is 4.62. The van der Waals surface area contributed by atoms with E-state index in [1.165, 1.54) is 27.8 Å². The molecule has 2 atom stereocenters. The Morgan fingerprint density at radius 2 is 1.73 bits per heavy atom. The fraction of sp³-hybridized carbons (Fsp3) is 0.259. The van der Waals surface area contributed by atoms with E-state index in [2.05, 4.69) is 4.98 Å². The summed E-state index contributed by atoms with van der Waals surface area (Å²) in [6.07, 6.45) is -0.371. The lowest BCUT2D eigenvalue weighted by Gasteiger charge is -2.34. The summed E-state index contributed by atoms with van der Waals surface area (Å²) in [5, 5.41) is 1.14. The second kappa shape index (κ2) is 10.5. The van der Waals surface area contributed by atoms with Gasteiger partial charge in [0.05, 0.1) is 33.9 Å². The number of sulfonamides is 1. The topological polar surface area (TPSA) is 79.8 Å². The van der Waals surface area contributed by atoms with Crippen LogP contribution in [0.15, 0.2) is 77.7 Å². The van der Waals surface area contributed by atoms with Gasteiger partial charge in [-0.05, 0) is 61.9 Å². The van der Waals surface area contributed by atoms with Gasteiger partial charge in [0.15, 0.2) is 5.13 Å². The smallest absolute Gasteiger partial charge is 0.260 e. The number of aromatic nitrogens is 1. The fourth-order valence-corrected chi connectivity index (χ4v) is 7.23. The van der Waals surface area contributed by atoms with Crippen molar-refractivity contribution in [2.24, 2.45) is 0 Å². The number of rotatable bonds is 6. The molecule has 1 aromatic heterocycles. The number of benzene rings is 3. The average Bonchev–Trinajstić information content (AvgIpc) is 3.30. The largest absolute Gasteiger partial charge is 0.373 e. The van der Waals surface area contributed by atoms with Gasteiger partial charge in [0.25, 0.3) is 5.91 Å². The fourth-order valence-electron chi connectivity index (χ4n) is 4.40. The molecule has 1 aliphatic rings. The van der Waals surface area contributed by atoms with Crippen LogP contribution in [0.25, 0.3) is 10.2 Å². The Hall–Kier alpha value is -2.82. The van der Waals surface area contributed by atoms with Gasteiger partial charge in [-0.15, -0.1) is 0 Å². The minimum atomic E-state index is -3.71. The molecule has 2 heterocycles. The van der Waals surface area contributed by atoms with Crippen molar-refractivity contribution in [2.45, 2.75) is 37.5 Å². The molecule has 1 amide bonds. The number of hydrogen-bond donors (Lipinski definition) is 0. The number of thiazole rings is 1. The summed E-state index contributed by atoms with van der Waals surface area (Å²) in [4.78, 5) is 20.2. The van der Waals surface area contributed by atoms with Crippen LogP contribution in [0.3, 0.4) is 0 Å². The summed E-state index contributed by atoms with van der Waals surface area (Å²) in [5.41, 5.74) is 2.07. The van der Waals surface area contributed by atoms with E-state index in [4.69, 9.17) is 16.3 Å². The Morgan fingerprint density at radius 3 is 2.41 bits per heavy atom. The molecule has 0 saturated carbocycles. The maximum absolute atomic E-state index is 13.7. The Bertz CT molecular complexity index is 1510. The van der Waals surface area contributed by atoms with Crippen LogP contribution >= 0.6 is 22.9 Å². The van der Waals surface area contributed by atoms with E-state index in [-0.39, 0.29) is 23.0 Å². The first-order valence-electron chi connectivity index (χ1n) is 11.9. The van der Waals surface area contributed by atoms with Crippen LogP contribution in [0.2, 0.25) is 5.02 Å². The highest BCUT2D eigenvalue weighted by Gasteiger charge is 2.32.